The molecule has 0 aromatic heterocycles. The third kappa shape index (κ3) is 5.60. The third-order valence-corrected chi connectivity index (χ3v) is 3.18. The molecule has 0 bridgehead atoms. The Balaban J connectivity index is 2.85. The van der Waals surface area contributed by atoms with E-state index in [0.29, 0.717) is 6.61 Å². The van der Waals surface area contributed by atoms with Gasteiger partial charge in [-0.3, -0.25) is 4.79 Å². The largest absolute Gasteiger partial charge is 0.461 e. The zero-order valence-electron chi connectivity index (χ0n) is 13.3. The molecule has 0 heterocycles. The van der Waals surface area contributed by atoms with Crippen LogP contribution >= 0.6 is 0 Å². The number of hydrogen-bond donors (Lipinski definition) is 0. The second-order valence-corrected chi connectivity index (χ2v) is 6.20. The maximum atomic E-state index is 10.9. The van der Waals surface area contributed by atoms with Crippen molar-refractivity contribution in [2.75, 3.05) is 6.61 Å². The minimum absolute atomic E-state index is 0.173. The first kappa shape index (κ1) is 16.5. The van der Waals surface area contributed by atoms with Gasteiger partial charge in [0.25, 0.3) is 0 Å². The van der Waals surface area contributed by atoms with Gasteiger partial charge >= 0.3 is 5.97 Å². The molecule has 0 atom stereocenters. The summed E-state index contributed by atoms with van der Waals surface area (Å²) in [6.07, 6.45) is 4.13. The summed E-state index contributed by atoms with van der Waals surface area (Å²) in [5.74, 6) is -0.227. The molecule has 0 unspecified atom stereocenters. The lowest BCUT2D eigenvalue weighted by Gasteiger charge is -2.19. The fourth-order valence-electron chi connectivity index (χ4n) is 2.02. The molecule has 0 saturated carbocycles. The quantitative estimate of drug-likeness (QED) is 0.725. The van der Waals surface area contributed by atoms with E-state index < -0.39 is 0 Å². The van der Waals surface area contributed by atoms with Crippen molar-refractivity contribution in [3.63, 3.8) is 0 Å². The van der Waals surface area contributed by atoms with E-state index in [-0.39, 0.29) is 11.4 Å². The first-order chi connectivity index (χ1) is 9.32. The molecular weight excluding hydrogens is 248 g/mol. The minimum atomic E-state index is -0.227. The van der Waals surface area contributed by atoms with Crippen LogP contribution in [0.15, 0.2) is 29.8 Å². The maximum Gasteiger partial charge on any atom is 0.302 e. The highest BCUT2D eigenvalue weighted by Gasteiger charge is 2.12. The number of esters is 1. The summed E-state index contributed by atoms with van der Waals surface area (Å²) in [5.41, 5.74) is 3.82. The standard InChI is InChI=1S/C18H26O2/c1-6-7-16(13-20-14(2)19)12-15-8-10-17(11-9-15)18(3,4)5/h8-12H,6-7,13H2,1-5H3/b16-12+. The lowest BCUT2D eigenvalue weighted by Crippen LogP contribution is -2.10. The maximum absolute atomic E-state index is 10.9. The van der Waals surface area contributed by atoms with Crippen molar-refractivity contribution in [2.24, 2.45) is 0 Å². The molecule has 0 saturated heterocycles. The second-order valence-electron chi connectivity index (χ2n) is 6.20. The van der Waals surface area contributed by atoms with E-state index in [0.717, 1.165) is 24.0 Å². The van der Waals surface area contributed by atoms with Gasteiger partial charge in [-0.2, -0.15) is 0 Å². The molecule has 1 rings (SSSR count). The number of carbonyl (C=O) groups is 1. The van der Waals surface area contributed by atoms with E-state index in [1.807, 2.05) is 0 Å². The van der Waals surface area contributed by atoms with Gasteiger partial charge in [0, 0.05) is 6.92 Å². The van der Waals surface area contributed by atoms with Crippen LogP contribution in [0.4, 0.5) is 0 Å². The van der Waals surface area contributed by atoms with Gasteiger partial charge in [0.15, 0.2) is 0 Å². The van der Waals surface area contributed by atoms with Crippen LogP contribution in [0.25, 0.3) is 6.08 Å². The van der Waals surface area contributed by atoms with Gasteiger partial charge in [0.2, 0.25) is 0 Å². The fourth-order valence-corrected chi connectivity index (χ4v) is 2.02. The van der Waals surface area contributed by atoms with E-state index in [4.69, 9.17) is 4.74 Å². The molecule has 0 fully saturated rings. The van der Waals surface area contributed by atoms with E-state index in [1.165, 1.54) is 12.5 Å². The predicted octanol–water partition coefficient (Wildman–Crippen LogP) is 4.73. The fraction of sp³-hybridized carbons (Fsp3) is 0.500. The summed E-state index contributed by atoms with van der Waals surface area (Å²) in [7, 11) is 0. The molecule has 0 spiro atoms. The zero-order valence-corrected chi connectivity index (χ0v) is 13.3. The highest BCUT2D eigenvalue weighted by atomic mass is 16.5. The van der Waals surface area contributed by atoms with Gasteiger partial charge in [0.05, 0.1) is 0 Å². The Labute approximate surface area is 122 Å². The molecule has 110 valence electrons. The summed E-state index contributed by atoms with van der Waals surface area (Å²) < 4.78 is 5.10. The molecule has 20 heavy (non-hydrogen) atoms. The lowest BCUT2D eigenvalue weighted by atomic mass is 9.86. The summed E-state index contributed by atoms with van der Waals surface area (Å²) in [5, 5.41) is 0. The first-order valence-electron chi connectivity index (χ1n) is 7.26. The van der Waals surface area contributed by atoms with Crippen LogP contribution in [0.1, 0.15) is 58.6 Å². The molecule has 0 aliphatic carbocycles. The molecule has 0 aliphatic rings. The van der Waals surface area contributed by atoms with E-state index >= 15 is 0 Å². The average molecular weight is 274 g/mol. The van der Waals surface area contributed by atoms with Crippen LogP contribution in [0.5, 0.6) is 0 Å². The monoisotopic (exact) mass is 274 g/mol. The Bertz CT molecular complexity index is 461. The Kier molecular flexibility index (Phi) is 6.00. The molecular formula is C18H26O2. The molecule has 0 radical (unpaired) electrons. The summed E-state index contributed by atoms with van der Waals surface area (Å²) >= 11 is 0. The van der Waals surface area contributed by atoms with Crippen LogP contribution in [-0.4, -0.2) is 12.6 Å². The van der Waals surface area contributed by atoms with Gasteiger partial charge in [-0.15, -0.1) is 0 Å². The van der Waals surface area contributed by atoms with Crippen molar-refractivity contribution in [3.8, 4) is 0 Å². The summed E-state index contributed by atoms with van der Waals surface area (Å²) in [6, 6.07) is 8.59. The zero-order chi connectivity index (χ0) is 15.2. The Morgan fingerprint density at radius 2 is 1.80 bits per heavy atom. The van der Waals surface area contributed by atoms with Crippen molar-refractivity contribution < 1.29 is 9.53 Å². The summed E-state index contributed by atoms with van der Waals surface area (Å²) in [4.78, 5) is 10.9. The highest BCUT2D eigenvalue weighted by molar-refractivity contribution is 5.66. The van der Waals surface area contributed by atoms with Crippen molar-refractivity contribution in [2.45, 2.75) is 52.9 Å². The van der Waals surface area contributed by atoms with Crippen molar-refractivity contribution in [1.82, 2.24) is 0 Å². The van der Waals surface area contributed by atoms with Crippen LogP contribution in [0.2, 0.25) is 0 Å². The smallest absolute Gasteiger partial charge is 0.302 e. The Morgan fingerprint density at radius 1 is 1.20 bits per heavy atom. The lowest BCUT2D eigenvalue weighted by molar-refractivity contribution is -0.140. The molecule has 2 nitrogen and oxygen atoms in total. The first-order valence-corrected chi connectivity index (χ1v) is 7.26. The molecule has 2 heteroatoms. The van der Waals surface area contributed by atoms with Crippen LogP contribution < -0.4 is 0 Å². The SMILES string of the molecule is CCC/C(=C\c1ccc(C(C)(C)C)cc1)COC(C)=O. The Morgan fingerprint density at radius 3 is 2.25 bits per heavy atom. The number of ether oxygens (including phenoxy) is 1. The van der Waals surface area contributed by atoms with Gasteiger partial charge in [0.1, 0.15) is 6.61 Å². The van der Waals surface area contributed by atoms with Gasteiger partial charge in [-0.25, -0.2) is 0 Å². The van der Waals surface area contributed by atoms with Crippen molar-refractivity contribution in [1.29, 1.82) is 0 Å². The van der Waals surface area contributed by atoms with Gasteiger partial charge in [-0.1, -0.05) is 64.5 Å². The number of carbonyl (C=O) groups excluding carboxylic acids is 1. The van der Waals surface area contributed by atoms with E-state index in [9.17, 15) is 4.79 Å². The van der Waals surface area contributed by atoms with Crippen LogP contribution in [0, 0.1) is 0 Å². The highest BCUT2D eigenvalue weighted by Crippen LogP contribution is 2.23. The molecule has 1 aromatic rings. The average Bonchev–Trinajstić information content (AvgIpc) is 2.36. The molecule has 0 amide bonds. The van der Waals surface area contributed by atoms with Crippen LogP contribution in [-0.2, 0) is 14.9 Å². The Hall–Kier alpha value is -1.57. The summed E-state index contributed by atoms with van der Waals surface area (Å²) in [6.45, 7) is 10.6. The molecule has 1 aromatic carbocycles. The minimum Gasteiger partial charge on any atom is -0.461 e. The molecule has 0 aliphatic heterocycles. The molecule has 0 N–H and O–H groups in total. The number of benzene rings is 1. The topological polar surface area (TPSA) is 26.3 Å². The van der Waals surface area contributed by atoms with E-state index in [2.05, 4.69) is 58.0 Å². The van der Waals surface area contributed by atoms with Gasteiger partial charge < -0.3 is 4.74 Å². The van der Waals surface area contributed by atoms with Crippen molar-refractivity contribution in [3.05, 3.63) is 41.0 Å². The number of rotatable bonds is 5. The third-order valence-electron chi connectivity index (χ3n) is 3.18. The number of hydrogen-bond acceptors (Lipinski definition) is 2. The normalized spacial score (nSPS) is 12.3. The van der Waals surface area contributed by atoms with Gasteiger partial charge in [-0.05, 0) is 28.5 Å². The van der Waals surface area contributed by atoms with Crippen LogP contribution in [0.3, 0.4) is 0 Å². The second kappa shape index (κ2) is 7.28. The van der Waals surface area contributed by atoms with E-state index in [1.54, 1.807) is 0 Å². The predicted molar refractivity (Wildman–Crippen MR) is 84.7 cm³/mol. The van der Waals surface area contributed by atoms with Crippen molar-refractivity contribution >= 4 is 12.0 Å².